The first-order valence-electron chi connectivity index (χ1n) is 7.99. The molecule has 0 heterocycles. The molecule has 2 rings (SSSR count). The molecule has 0 unspecified atom stereocenters. The Morgan fingerprint density at radius 3 is 2.14 bits per heavy atom. The summed E-state index contributed by atoms with van der Waals surface area (Å²) in [5, 5.41) is 17.8. The molecule has 0 aliphatic heterocycles. The molecule has 0 bridgehead atoms. The third-order valence-corrected chi connectivity index (χ3v) is 3.55. The predicted molar refractivity (Wildman–Crippen MR) is 99.4 cm³/mol. The van der Waals surface area contributed by atoms with Gasteiger partial charge in [0.1, 0.15) is 12.0 Å². The van der Waals surface area contributed by atoms with E-state index in [1.807, 2.05) is 0 Å². The van der Waals surface area contributed by atoms with Crippen LogP contribution in [0.3, 0.4) is 0 Å². The van der Waals surface area contributed by atoms with Crippen LogP contribution in [-0.4, -0.2) is 48.3 Å². The van der Waals surface area contributed by atoms with Crippen LogP contribution in [0.15, 0.2) is 36.4 Å². The van der Waals surface area contributed by atoms with Crippen molar-refractivity contribution < 1.29 is 38.9 Å². The van der Waals surface area contributed by atoms with Crippen molar-refractivity contribution in [2.75, 3.05) is 14.2 Å². The molecular formula is C20H20O8. The fourth-order valence-electron chi connectivity index (χ4n) is 2.17. The molecule has 2 N–H and O–H groups in total. The summed E-state index contributed by atoms with van der Waals surface area (Å²) in [6, 6.07) is 8.69. The number of ketones is 2. The van der Waals surface area contributed by atoms with E-state index in [1.165, 1.54) is 45.4 Å². The normalized spacial score (nSPS) is 9.54. The zero-order chi connectivity index (χ0) is 21.3. The summed E-state index contributed by atoms with van der Waals surface area (Å²) in [5.41, 5.74) is 1.24. The van der Waals surface area contributed by atoms with E-state index >= 15 is 0 Å². The fourth-order valence-corrected chi connectivity index (χ4v) is 2.17. The predicted octanol–water partition coefficient (Wildman–Crippen LogP) is 2.31. The number of rotatable bonds is 7. The average molecular weight is 388 g/mol. The number of carbonyl (C=O) groups is 4. The molecule has 0 fully saturated rings. The number of Topliss-reactive ketones (excluding diaryl/α,β-unsaturated/α-hetero) is 2. The van der Waals surface area contributed by atoms with Gasteiger partial charge in [-0.05, 0) is 24.3 Å². The molecule has 0 aromatic heterocycles. The standard InChI is InChI=1S/2C10H10O4/c1-6(11)10(13)7-3-4-8(12)9(5-7)14-2;1-14-9-4-7(6-11)2-3-8(9)5-10(12)13/h3-5,12H,1-2H3;2-4,6H,5H2,1H3,(H,12,13). The zero-order valence-corrected chi connectivity index (χ0v) is 15.6. The first-order valence-corrected chi connectivity index (χ1v) is 7.99. The highest BCUT2D eigenvalue weighted by Crippen LogP contribution is 2.26. The van der Waals surface area contributed by atoms with Gasteiger partial charge >= 0.3 is 5.97 Å². The molecule has 0 spiro atoms. The average Bonchev–Trinajstić information content (AvgIpc) is 2.68. The maximum Gasteiger partial charge on any atom is 0.307 e. The second kappa shape index (κ2) is 10.5. The number of phenols is 1. The van der Waals surface area contributed by atoms with E-state index in [4.69, 9.17) is 14.6 Å². The molecule has 8 heteroatoms. The molecule has 148 valence electrons. The minimum atomic E-state index is -0.929. The maximum absolute atomic E-state index is 11.2. The highest BCUT2D eigenvalue weighted by molar-refractivity contribution is 6.42. The highest BCUT2D eigenvalue weighted by Gasteiger charge is 2.13. The molecule has 0 aliphatic carbocycles. The van der Waals surface area contributed by atoms with Crippen molar-refractivity contribution in [2.45, 2.75) is 13.3 Å². The van der Waals surface area contributed by atoms with Gasteiger partial charge in [0, 0.05) is 23.6 Å². The second-order valence-electron chi connectivity index (χ2n) is 5.53. The molecule has 0 saturated heterocycles. The Kier molecular flexibility index (Phi) is 8.36. The van der Waals surface area contributed by atoms with Gasteiger partial charge in [-0.3, -0.25) is 19.2 Å². The summed E-state index contributed by atoms with van der Waals surface area (Å²) in [5.74, 6) is -1.52. The number of hydrogen-bond acceptors (Lipinski definition) is 7. The second-order valence-corrected chi connectivity index (χ2v) is 5.53. The minimum absolute atomic E-state index is 0.0624. The van der Waals surface area contributed by atoms with Crippen molar-refractivity contribution in [3.8, 4) is 17.2 Å². The van der Waals surface area contributed by atoms with Crippen LogP contribution in [0.1, 0.15) is 33.2 Å². The van der Waals surface area contributed by atoms with Crippen LogP contribution in [0.4, 0.5) is 0 Å². The molecule has 0 aliphatic rings. The Morgan fingerprint density at radius 2 is 1.64 bits per heavy atom. The topological polar surface area (TPSA) is 127 Å². The zero-order valence-electron chi connectivity index (χ0n) is 15.6. The smallest absolute Gasteiger partial charge is 0.307 e. The number of carbonyl (C=O) groups excluding carboxylic acids is 3. The van der Waals surface area contributed by atoms with E-state index in [1.54, 1.807) is 12.1 Å². The quantitative estimate of drug-likeness (QED) is 0.420. The van der Waals surface area contributed by atoms with Crippen molar-refractivity contribution in [3.05, 3.63) is 53.1 Å². The monoisotopic (exact) mass is 388 g/mol. The van der Waals surface area contributed by atoms with Gasteiger partial charge in [0.15, 0.2) is 17.3 Å². The van der Waals surface area contributed by atoms with E-state index in [0.717, 1.165) is 0 Å². The van der Waals surface area contributed by atoms with Crippen LogP contribution in [0.25, 0.3) is 0 Å². The number of carboxylic acids is 1. The molecular weight excluding hydrogens is 368 g/mol. The lowest BCUT2D eigenvalue weighted by atomic mass is 10.1. The van der Waals surface area contributed by atoms with Gasteiger partial charge in [0.2, 0.25) is 5.78 Å². The van der Waals surface area contributed by atoms with Gasteiger partial charge in [-0.25, -0.2) is 0 Å². The van der Waals surface area contributed by atoms with Crippen LogP contribution in [0.5, 0.6) is 17.2 Å². The van der Waals surface area contributed by atoms with Crippen molar-refractivity contribution in [1.82, 2.24) is 0 Å². The number of aliphatic carboxylic acids is 1. The number of phenolic OH excluding ortho intramolecular Hbond substituents is 1. The van der Waals surface area contributed by atoms with Gasteiger partial charge in [-0.15, -0.1) is 0 Å². The van der Waals surface area contributed by atoms with Crippen LogP contribution in [-0.2, 0) is 16.0 Å². The van der Waals surface area contributed by atoms with Crippen molar-refractivity contribution in [2.24, 2.45) is 0 Å². The number of ether oxygens (including phenoxy) is 2. The summed E-state index contributed by atoms with van der Waals surface area (Å²) < 4.78 is 9.77. The molecule has 0 atom stereocenters. The number of aldehydes is 1. The van der Waals surface area contributed by atoms with Crippen molar-refractivity contribution in [3.63, 3.8) is 0 Å². The van der Waals surface area contributed by atoms with E-state index in [0.29, 0.717) is 23.2 Å². The molecule has 0 radical (unpaired) electrons. The summed E-state index contributed by atoms with van der Waals surface area (Å²) in [6.45, 7) is 1.20. The molecule has 2 aromatic carbocycles. The van der Waals surface area contributed by atoms with Gasteiger partial charge < -0.3 is 19.7 Å². The Hall–Kier alpha value is -3.68. The summed E-state index contributed by atoms with van der Waals surface area (Å²) in [7, 11) is 2.81. The van der Waals surface area contributed by atoms with Gasteiger partial charge in [-0.2, -0.15) is 0 Å². The van der Waals surface area contributed by atoms with Crippen molar-refractivity contribution >= 4 is 23.8 Å². The van der Waals surface area contributed by atoms with Gasteiger partial charge in [0.05, 0.1) is 20.6 Å². The van der Waals surface area contributed by atoms with E-state index in [9.17, 15) is 24.3 Å². The van der Waals surface area contributed by atoms with Gasteiger partial charge in [0.25, 0.3) is 0 Å². The molecule has 28 heavy (non-hydrogen) atoms. The molecule has 0 saturated carbocycles. The van der Waals surface area contributed by atoms with E-state index in [-0.39, 0.29) is 23.5 Å². The largest absolute Gasteiger partial charge is 0.504 e. The van der Waals surface area contributed by atoms with E-state index in [2.05, 4.69) is 0 Å². The first-order chi connectivity index (χ1) is 13.2. The number of benzene rings is 2. The summed E-state index contributed by atoms with van der Waals surface area (Å²) in [4.78, 5) is 42.9. The van der Waals surface area contributed by atoms with Crippen LogP contribution >= 0.6 is 0 Å². The molecule has 2 aromatic rings. The highest BCUT2D eigenvalue weighted by atomic mass is 16.5. The number of hydrogen-bond donors (Lipinski definition) is 2. The molecule has 0 amide bonds. The van der Waals surface area contributed by atoms with Crippen LogP contribution in [0.2, 0.25) is 0 Å². The van der Waals surface area contributed by atoms with Crippen LogP contribution in [0, 0.1) is 0 Å². The number of methoxy groups -OCH3 is 2. The summed E-state index contributed by atoms with van der Waals surface area (Å²) in [6.07, 6.45) is 0.579. The van der Waals surface area contributed by atoms with Crippen molar-refractivity contribution in [1.29, 1.82) is 0 Å². The first kappa shape index (κ1) is 22.4. The third kappa shape index (κ3) is 6.24. The lowest BCUT2D eigenvalue weighted by molar-refractivity contribution is -0.136. The fraction of sp³-hybridized carbons (Fsp3) is 0.200. The number of carboxylic acid groups (broad SMARTS) is 1. The Balaban J connectivity index is 0.000000280. The lowest BCUT2D eigenvalue weighted by Gasteiger charge is -2.06. The minimum Gasteiger partial charge on any atom is -0.504 e. The van der Waals surface area contributed by atoms with Gasteiger partial charge in [-0.1, -0.05) is 12.1 Å². The number of aromatic hydroxyl groups is 1. The maximum atomic E-state index is 11.2. The van der Waals surface area contributed by atoms with Crippen LogP contribution < -0.4 is 9.47 Å². The lowest BCUT2D eigenvalue weighted by Crippen LogP contribution is -2.09. The summed E-state index contributed by atoms with van der Waals surface area (Å²) >= 11 is 0. The Labute approximate surface area is 161 Å². The third-order valence-electron chi connectivity index (χ3n) is 3.55. The van der Waals surface area contributed by atoms with E-state index < -0.39 is 17.5 Å². The Bertz CT molecular complexity index is 886. The SMILES string of the molecule is COc1cc(C(=O)C(C)=O)ccc1O.COc1cc(C=O)ccc1CC(=O)O. The molecule has 8 nitrogen and oxygen atoms in total. The Morgan fingerprint density at radius 1 is 1.00 bits per heavy atom.